The average molecular weight is 2880 g/mol. The Morgan fingerprint density at radius 3 is 0.384 bits per heavy atom. The molecule has 716 valence electrons. The Balaban J connectivity index is -0.0000000947. The number of benzene rings is 8. The second kappa shape index (κ2) is 105. The normalized spacial score (nSPS) is 9.36. The molecule has 4 nitrogen and oxygen atoms in total. The molecule has 10 rings (SSSR count). The van der Waals surface area contributed by atoms with Gasteiger partial charge in [0.15, 0.2) is 0 Å². The number of hydrogen-bond acceptors (Lipinski definition) is 2. The van der Waals surface area contributed by atoms with E-state index in [9.17, 15) is 0 Å². The summed E-state index contributed by atoms with van der Waals surface area (Å²) >= 11 is 28.6. The fourth-order valence-corrected chi connectivity index (χ4v) is 21.9. The van der Waals surface area contributed by atoms with Gasteiger partial charge in [0.25, 0.3) is 0 Å². The second-order valence-electron chi connectivity index (χ2n) is 26.3. The van der Waals surface area contributed by atoms with Gasteiger partial charge >= 0.3 is 0 Å². The van der Waals surface area contributed by atoms with E-state index >= 15 is 0 Å². The van der Waals surface area contributed by atoms with Crippen molar-refractivity contribution in [2.45, 2.75) is 158 Å². The summed E-state index contributed by atoms with van der Waals surface area (Å²) in [5.74, 6) is 0. The molecule has 0 spiro atoms. The van der Waals surface area contributed by atoms with Gasteiger partial charge in [0.2, 0.25) is 0 Å². The first-order valence-corrected chi connectivity index (χ1v) is 47.7. The zero-order valence-corrected chi connectivity index (χ0v) is 102. The van der Waals surface area contributed by atoms with E-state index in [4.69, 9.17) is 79.6 Å². The molecule has 0 fully saturated rings. The first-order valence-electron chi connectivity index (χ1n) is 39.1. The smallest absolute Gasteiger partial charge is 0.0967 e. The van der Waals surface area contributed by atoms with Crippen molar-refractivity contribution in [1.82, 2.24) is 9.97 Å². The molecule has 0 aliphatic carbocycles. The maximum Gasteiger partial charge on any atom is 0.0967 e. The van der Waals surface area contributed by atoms with Crippen LogP contribution in [-0.2, 0) is 81.7 Å². The molecule has 0 aliphatic rings. The summed E-state index contributed by atoms with van der Waals surface area (Å²) in [5.41, 5.74) is 4.59. The minimum absolute atomic E-state index is 0. The van der Waals surface area contributed by atoms with Crippen LogP contribution in [0, 0.1) is 0 Å². The Morgan fingerprint density at radius 1 is 0.184 bits per heavy atom. The summed E-state index contributed by atoms with van der Waals surface area (Å²) in [6.07, 6.45) is 22.1. The third-order valence-electron chi connectivity index (χ3n) is 18.4. The summed E-state index contributed by atoms with van der Waals surface area (Å²) in [4.78, 5) is 10.7. The van der Waals surface area contributed by atoms with Crippen LogP contribution >= 0.6 is 101 Å². The van der Waals surface area contributed by atoms with Crippen molar-refractivity contribution in [2.75, 3.05) is 68.4 Å². The molecule has 0 atom stereocenters. The van der Waals surface area contributed by atoms with Crippen molar-refractivity contribution >= 4 is 165 Å². The molecular formula is C93H124Cl20N4P4Re4-12. The number of rotatable bonds is 36. The molecule has 0 bridgehead atoms. The number of alkyl halides is 6. The van der Waals surface area contributed by atoms with E-state index in [-0.39, 0.29) is 271 Å². The molecule has 0 saturated heterocycles. The quantitative estimate of drug-likeness (QED) is 0.0222. The first-order chi connectivity index (χ1) is 52.5. The van der Waals surface area contributed by atoms with E-state index < -0.39 is 31.7 Å². The Morgan fingerprint density at radius 2 is 0.288 bits per heavy atom. The van der Waals surface area contributed by atoms with E-state index in [2.05, 4.69) is 334 Å². The van der Waals surface area contributed by atoms with Crippen molar-refractivity contribution in [3.05, 3.63) is 279 Å². The number of quaternary nitrogens is 2. The van der Waals surface area contributed by atoms with Crippen LogP contribution in [0.4, 0.5) is 0 Å². The van der Waals surface area contributed by atoms with Crippen LogP contribution in [0.15, 0.2) is 279 Å². The fourth-order valence-electron chi connectivity index (χ4n) is 12.9. The number of nitrogens with zero attached hydrogens (tertiary/aromatic N) is 4. The minimum atomic E-state index is -0.726. The summed E-state index contributed by atoms with van der Waals surface area (Å²) < 4.78 is 2.84. The summed E-state index contributed by atoms with van der Waals surface area (Å²) in [6.45, 7) is 30.0. The molecule has 0 N–H and O–H groups in total. The van der Waals surface area contributed by atoms with Gasteiger partial charge in [-0.15, -0.1) is 69.6 Å². The van der Waals surface area contributed by atoms with Crippen molar-refractivity contribution < 1.29 is 264 Å². The van der Waals surface area contributed by atoms with Gasteiger partial charge < -0.3 is 183 Å². The topological polar surface area (TPSA) is 25.8 Å². The monoisotopic (exact) mass is 2870 g/mol. The van der Waals surface area contributed by atoms with Crippen LogP contribution < -0.4 is 238 Å². The standard InChI is InChI=1S/2C29H23NP2.2C16H36N.3CH2Cl2.14ClH.4Re/c2*1-5-14-24(15-6-1)31(25-16-7-2-8-17-25)28-22-13-23-29(30-28)32(26-18-9-3-10-19-26)27-20-11-4-12-21-27;2*1-5-9-13-17(14-10-6-2,15-11-7-3)16-12-8-4;3*2-1-3;;;;;;;;;;;;;;;;;;/h2*1-23H;2*5-16H2,1-4H3;3*1H2;14*1H;;;;/q;;2*+1;;;;;;;;;;;;;;;;;;;;;/p-14. The molecule has 0 aliphatic heterocycles. The Bertz CT molecular complexity index is 3090. The van der Waals surface area contributed by atoms with Crippen molar-refractivity contribution in [3.63, 3.8) is 0 Å². The Kier molecular flexibility index (Phi) is 135. The number of hydrogen-bond donors (Lipinski definition) is 0. The van der Waals surface area contributed by atoms with Crippen LogP contribution in [0.2, 0.25) is 0 Å². The minimum Gasteiger partial charge on any atom is -1.00 e. The van der Waals surface area contributed by atoms with E-state index in [1.807, 2.05) is 0 Å². The molecule has 8 aromatic carbocycles. The van der Waals surface area contributed by atoms with Crippen LogP contribution in [0.1, 0.15) is 158 Å². The average Bonchev–Trinajstić information content (AvgIpc) is 0.794. The Hall–Kier alpha value is 2.15. The number of unbranched alkanes of at least 4 members (excludes halogenated alkanes) is 8. The first kappa shape index (κ1) is 161. The Labute approximate surface area is 933 Å². The van der Waals surface area contributed by atoms with Crippen LogP contribution in [0.3, 0.4) is 0 Å². The SMILES string of the molecule is CCCC[N+](CCCC)(CCCC)CCCC.CCCC[N+](CCCC)(CCCC)CCCC.ClCCl.ClCCl.ClCCl.[Cl-].[Cl-].[Cl-].[Cl-].[Cl-].[Cl-].[Cl-].[Cl-].[Cl-].[Cl-].[Cl-].[Cl-].[Cl-].[Cl-].[Re].[Re].[Re].[Re].c1ccc(P(c2ccccc2)c2cccc(P(c3ccccc3)c3ccccc3)n2)cc1.c1ccc(P(c2ccccc2)c2cccc(P(c3ccccc3)c3ccccc3)n2)cc1. The van der Waals surface area contributed by atoms with Gasteiger partial charge in [-0.2, -0.15) is 0 Å². The molecule has 10 aromatic rings. The zero-order valence-electron chi connectivity index (χ0n) is 72.3. The maximum absolute atomic E-state index is 5.34. The van der Waals surface area contributed by atoms with Crippen molar-refractivity contribution in [1.29, 1.82) is 0 Å². The van der Waals surface area contributed by atoms with Crippen molar-refractivity contribution in [2.24, 2.45) is 0 Å². The molecule has 125 heavy (non-hydrogen) atoms. The molecule has 32 heteroatoms. The maximum atomic E-state index is 5.34. The zero-order chi connectivity index (χ0) is 77.3. The predicted molar refractivity (Wildman–Crippen MR) is 492 cm³/mol. The van der Waals surface area contributed by atoms with Crippen LogP contribution in [0.5, 0.6) is 0 Å². The number of halogens is 20. The van der Waals surface area contributed by atoms with Gasteiger partial charge in [-0.05, 0) is 118 Å². The van der Waals surface area contributed by atoms with Gasteiger partial charge in [-0.3, -0.25) is 0 Å². The predicted octanol–water partition coefficient (Wildman–Crippen LogP) is -18.5. The van der Waals surface area contributed by atoms with Crippen LogP contribution in [-0.4, -0.2) is 87.3 Å². The summed E-state index contributed by atoms with van der Waals surface area (Å²) in [5, 5.41) is 11.2. The molecule has 4 radical (unpaired) electrons. The third kappa shape index (κ3) is 64.1. The van der Waals surface area contributed by atoms with Gasteiger partial charge in [-0.1, -0.05) is 362 Å². The van der Waals surface area contributed by atoms with E-state index in [1.54, 1.807) is 0 Å². The molecule has 0 unspecified atom stereocenters. The number of pyridine rings is 2. The van der Waals surface area contributed by atoms with Crippen LogP contribution in [0.25, 0.3) is 0 Å². The summed E-state index contributed by atoms with van der Waals surface area (Å²) in [7, 11) is -2.90. The largest absolute Gasteiger partial charge is 1.00 e. The molecule has 0 amide bonds. The van der Waals surface area contributed by atoms with Gasteiger partial charge in [0, 0.05) is 113 Å². The van der Waals surface area contributed by atoms with E-state index in [1.165, 1.54) is 206 Å². The third-order valence-corrected chi connectivity index (χ3v) is 27.7. The molecule has 2 heterocycles. The van der Waals surface area contributed by atoms with E-state index in [0.29, 0.717) is 0 Å². The molecule has 2 aromatic heterocycles. The van der Waals surface area contributed by atoms with Gasteiger partial charge in [-0.25, -0.2) is 9.97 Å². The molecule has 0 saturated carbocycles. The fraction of sp³-hybridized carbons (Fsp3) is 0.376. The number of aromatic nitrogens is 2. The summed E-state index contributed by atoms with van der Waals surface area (Å²) in [6, 6.07) is 99.4. The van der Waals surface area contributed by atoms with Gasteiger partial charge in [0.05, 0.1) is 90.1 Å². The van der Waals surface area contributed by atoms with Gasteiger partial charge in [0.1, 0.15) is 0 Å². The van der Waals surface area contributed by atoms with Crippen molar-refractivity contribution in [3.8, 4) is 0 Å². The van der Waals surface area contributed by atoms with E-state index in [0.717, 1.165) is 21.7 Å². The second-order valence-corrected chi connectivity index (χ2v) is 37.4. The molecular weight excluding hydrogens is 2750 g/mol.